The number of nitrogens with one attached hydrogen (secondary N) is 1. The molecule has 1 aromatic rings. The maximum atomic E-state index is 12.4. The molecular formula is C16H20N2O6. The van der Waals surface area contributed by atoms with Gasteiger partial charge in [0.2, 0.25) is 6.41 Å². The lowest BCUT2D eigenvalue weighted by Crippen LogP contribution is -2.45. The highest BCUT2D eigenvalue weighted by atomic mass is 16.6. The van der Waals surface area contributed by atoms with Gasteiger partial charge in [-0.25, -0.2) is 4.79 Å². The van der Waals surface area contributed by atoms with E-state index in [4.69, 9.17) is 9.47 Å². The summed E-state index contributed by atoms with van der Waals surface area (Å²) in [5.74, 6) is -0.488. The van der Waals surface area contributed by atoms with Crippen LogP contribution in [0.15, 0.2) is 24.3 Å². The molecule has 1 saturated carbocycles. The van der Waals surface area contributed by atoms with Crippen molar-refractivity contribution in [2.24, 2.45) is 0 Å². The lowest BCUT2D eigenvalue weighted by atomic mass is 9.84. The van der Waals surface area contributed by atoms with Gasteiger partial charge in [-0.05, 0) is 43.4 Å². The topological polar surface area (TPSA) is 108 Å². The van der Waals surface area contributed by atoms with E-state index >= 15 is 0 Å². The number of carbonyl (C=O) groups is 2. The van der Waals surface area contributed by atoms with Crippen LogP contribution in [0.2, 0.25) is 0 Å². The first kappa shape index (κ1) is 17.9. The van der Waals surface area contributed by atoms with Crippen molar-refractivity contribution in [2.75, 3.05) is 6.73 Å². The van der Waals surface area contributed by atoms with Crippen molar-refractivity contribution < 1.29 is 24.0 Å². The van der Waals surface area contributed by atoms with Crippen molar-refractivity contribution in [2.45, 2.75) is 44.3 Å². The number of ether oxygens (including phenoxy) is 2. The maximum absolute atomic E-state index is 12.4. The zero-order valence-electron chi connectivity index (χ0n) is 13.2. The van der Waals surface area contributed by atoms with Gasteiger partial charge in [-0.2, -0.15) is 0 Å². The highest BCUT2D eigenvalue weighted by molar-refractivity contribution is 5.79. The molecule has 1 N–H and O–H groups in total. The smallest absolute Gasteiger partial charge is 0.340 e. The quantitative estimate of drug-likeness (QED) is 0.194. The molecule has 0 unspecified atom stereocenters. The Hall–Kier alpha value is -2.48. The Kier molecular flexibility index (Phi) is 6.25. The highest BCUT2D eigenvalue weighted by Crippen LogP contribution is 2.33. The lowest BCUT2D eigenvalue weighted by molar-refractivity contribution is -0.384. The molecule has 0 bridgehead atoms. The molecule has 1 aliphatic rings. The molecule has 0 aliphatic heterocycles. The van der Waals surface area contributed by atoms with Crippen LogP contribution in [0.5, 0.6) is 0 Å². The fourth-order valence-electron chi connectivity index (χ4n) is 2.74. The summed E-state index contributed by atoms with van der Waals surface area (Å²) in [5, 5.41) is 12.9. The van der Waals surface area contributed by atoms with Crippen LogP contribution in [0.1, 0.15) is 37.7 Å². The Morgan fingerprint density at radius 3 is 2.50 bits per heavy atom. The van der Waals surface area contributed by atoms with Gasteiger partial charge < -0.3 is 14.8 Å². The standard InChI is InChI=1S/C16H20N2O6/c19-11-17-12-23-15(20)16(8-2-1-3-9-16)24-10-13-4-6-14(7-5-13)18(21)22/h4-7,11H,1-3,8-10,12H2,(H,17,19). The van der Waals surface area contributed by atoms with Gasteiger partial charge in [-0.3, -0.25) is 14.9 Å². The number of esters is 1. The number of nitrogens with zero attached hydrogens (tertiary/aromatic N) is 1. The van der Waals surface area contributed by atoms with E-state index in [9.17, 15) is 19.7 Å². The predicted octanol–water partition coefficient (Wildman–Crippen LogP) is 2.06. The van der Waals surface area contributed by atoms with Crippen molar-refractivity contribution in [3.8, 4) is 0 Å². The molecule has 1 aliphatic carbocycles. The number of non-ortho nitro benzene ring substituents is 1. The van der Waals surface area contributed by atoms with Gasteiger partial charge in [-0.15, -0.1) is 0 Å². The molecule has 1 aromatic carbocycles. The van der Waals surface area contributed by atoms with Gasteiger partial charge in [-0.1, -0.05) is 6.42 Å². The van der Waals surface area contributed by atoms with Crippen molar-refractivity contribution in [1.82, 2.24) is 5.32 Å². The first-order chi connectivity index (χ1) is 11.6. The summed E-state index contributed by atoms with van der Waals surface area (Å²) in [6.45, 7) is -0.0286. The van der Waals surface area contributed by atoms with Crippen LogP contribution >= 0.6 is 0 Å². The summed E-state index contributed by atoms with van der Waals surface area (Å²) >= 11 is 0. The minimum absolute atomic E-state index is 0.00507. The van der Waals surface area contributed by atoms with E-state index in [1.807, 2.05) is 0 Å². The van der Waals surface area contributed by atoms with Gasteiger partial charge in [0.25, 0.3) is 5.69 Å². The van der Waals surface area contributed by atoms with Crippen molar-refractivity contribution >= 4 is 18.1 Å². The van der Waals surface area contributed by atoms with Crippen LogP contribution < -0.4 is 5.32 Å². The lowest BCUT2D eigenvalue weighted by Gasteiger charge is -2.34. The number of amides is 1. The summed E-state index contributed by atoms with van der Waals surface area (Å²) in [6, 6.07) is 6.01. The summed E-state index contributed by atoms with van der Waals surface area (Å²) in [7, 11) is 0. The predicted molar refractivity (Wildman–Crippen MR) is 83.9 cm³/mol. The van der Waals surface area contributed by atoms with Crippen LogP contribution in [-0.2, 0) is 25.7 Å². The number of carbonyl (C=O) groups excluding carboxylic acids is 2. The molecule has 1 amide bonds. The van der Waals surface area contributed by atoms with E-state index < -0.39 is 16.5 Å². The molecule has 0 spiro atoms. The van der Waals surface area contributed by atoms with Crippen LogP contribution in [0, 0.1) is 10.1 Å². The van der Waals surface area contributed by atoms with E-state index in [0.29, 0.717) is 19.3 Å². The van der Waals surface area contributed by atoms with E-state index in [0.717, 1.165) is 24.8 Å². The molecule has 0 heterocycles. The van der Waals surface area contributed by atoms with E-state index in [-0.39, 0.29) is 19.0 Å². The fraction of sp³-hybridized carbons (Fsp3) is 0.500. The molecule has 24 heavy (non-hydrogen) atoms. The second kappa shape index (κ2) is 8.39. The zero-order valence-corrected chi connectivity index (χ0v) is 13.2. The number of nitro groups is 1. The number of hydrogen-bond donors (Lipinski definition) is 1. The highest BCUT2D eigenvalue weighted by Gasteiger charge is 2.42. The van der Waals surface area contributed by atoms with Crippen molar-refractivity contribution in [3.63, 3.8) is 0 Å². The molecule has 0 radical (unpaired) electrons. The molecule has 1 fully saturated rings. The molecule has 0 atom stereocenters. The van der Waals surface area contributed by atoms with Crippen LogP contribution in [-0.4, -0.2) is 29.6 Å². The van der Waals surface area contributed by atoms with Gasteiger partial charge in [0, 0.05) is 12.1 Å². The Labute approximate surface area is 139 Å². The molecular weight excluding hydrogens is 316 g/mol. The molecule has 0 saturated heterocycles. The van der Waals surface area contributed by atoms with Crippen LogP contribution in [0.4, 0.5) is 5.69 Å². The van der Waals surface area contributed by atoms with Crippen molar-refractivity contribution in [3.05, 3.63) is 39.9 Å². The van der Waals surface area contributed by atoms with Gasteiger partial charge in [0.1, 0.15) is 0 Å². The van der Waals surface area contributed by atoms with Gasteiger partial charge >= 0.3 is 5.97 Å². The minimum atomic E-state index is -1.02. The van der Waals surface area contributed by atoms with E-state index in [1.54, 1.807) is 12.1 Å². The normalized spacial score (nSPS) is 16.2. The SMILES string of the molecule is O=CNCOC(=O)C1(OCc2ccc([N+](=O)[O-])cc2)CCCCC1. The third-order valence-electron chi connectivity index (χ3n) is 4.07. The fourth-order valence-corrected chi connectivity index (χ4v) is 2.74. The summed E-state index contributed by atoms with van der Waals surface area (Å²) in [6.07, 6.45) is 4.31. The average molecular weight is 336 g/mol. The first-order valence-electron chi connectivity index (χ1n) is 7.79. The van der Waals surface area contributed by atoms with Crippen LogP contribution in [0.25, 0.3) is 0 Å². The minimum Gasteiger partial charge on any atom is -0.442 e. The summed E-state index contributed by atoms with van der Waals surface area (Å²) < 4.78 is 11.0. The Balaban J connectivity index is 2.01. The van der Waals surface area contributed by atoms with Crippen molar-refractivity contribution in [1.29, 1.82) is 0 Å². The number of nitro benzene ring substituents is 1. The van der Waals surface area contributed by atoms with E-state index in [1.165, 1.54) is 12.1 Å². The summed E-state index contributed by atoms with van der Waals surface area (Å²) in [4.78, 5) is 32.8. The third kappa shape index (κ3) is 4.51. The maximum Gasteiger partial charge on any atom is 0.340 e. The molecule has 8 nitrogen and oxygen atoms in total. The zero-order chi connectivity index (χ0) is 17.4. The second-order valence-corrected chi connectivity index (χ2v) is 5.67. The second-order valence-electron chi connectivity index (χ2n) is 5.67. The van der Waals surface area contributed by atoms with E-state index in [2.05, 4.69) is 5.32 Å². The molecule has 130 valence electrons. The average Bonchev–Trinajstić information content (AvgIpc) is 2.61. The summed E-state index contributed by atoms with van der Waals surface area (Å²) in [5.41, 5.74) is -0.278. The van der Waals surface area contributed by atoms with Gasteiger partial charge in [0.05, 0.1) is 11.5 Å². The first-order valence-corrected chi connectivity index (χ1v) is 7.79. The molecule has 2 rings (SSSR count). The third-order valence-corrected chi connectivity index (χ3v) is 4.07. The number of benzene rings is 1. The monoisotopic (exact) mass is 336 g/mol. The largest absolute Gasteiger partial charge is 0.442 e. The Morgan fingerprint density at radius 1 is 1.25 bits per heavy atom. The number of hydrogen-bond acceptors (Lipinski definition) is 6. The van der Waals surface area contributed by atoms with Crippen LogP contribution in [0.3, 0.4) is 0 Å². The number of rotatable bonds is 8. The Bertz CT molecular complexity index is 581. The Morgan fingerprint density at radius 2 is 1.92 bits per heavy atom. The van der Waals surface area contributed by atoms with Gasteiger partial charge in [0.15, 0.2) is 12.3 Å². The molecule has 0 aromatic heterocycles. The molecule has 8 heteroatoms.